The summed E-state index contributed by atoms with van der Waals surface area (Å²) in [5.74, 6) is -0.632. The minimum atomic E-state index is -1.10. The maximum atomic E-state index is 14.3. The molecule has 0 heterocycles. The number of rotatable bonds is 18. The second-order valence-corrected chi connectivity index (χ2v) is 12.5. The quantitative estimate of drug-likeness (QED) is 0.0749. The third kappa shape index (κ3) is 9.58. The van der Waals surface area contributed by atoms with Crippen molar-refractivity contribution in [3.63, 3.8) is 0 Å². The predicted octanol–water partition coefficient (Wildman–Crippen LogP) is 7.26. The first-order chi connectivity index (χ1) is 25.0. The maximum absolute atomic E-state index is 14.3. The molecule has 1 unspecified atom stereocenters. The van der Waals surface area contributed by atoms with Gasteiger partial charge in [0.2, 0.25) is 11.8 Å². The summed E-state index contributed by atoms with van der Waals surface area (Å²) in [6, 6.07) is 49.1. The number of carbonyl (C=O) groups is 2. The van der Waals surface area contributed by atoms with Gasteiger partial charge in [0, 0.05) is 25.7 Å². The Bertz CT molecular complexity index is 1610. The van der Waals surface area contributed by atoms with E-state index >= 15 is 0 Å². The number of hydrogen-bond acceptors (Lipinski definition) is 5. The van der Waals surface area contributed by atoms with Gasteiger partial charge in [-0.25, -0.2) is 0 Å². The van der Waals surface area contributed by atoms with Crippen molar-refractivity contribution in [2.24, 2.45) is 5.73 Å². The van der Waals surface area contributed by atoms with Gasteiger partial charge < -0.3 is 25.4 Å². The molecule has 7 nitrogen and oxygen atoms in total. The van der Waals surface area contributed by atoms with Crippen LogP contribution in [0.15, 0.2) is 152 Å². The number of nitrogens with zero attached hydrogens (tertiary/aromatic N) is 1. The lowest BCUT2D eigenvalue weighted by Crippen LogP contribution is -2.52. The molecule has 0 radical (unpaired) electrons. The Kier molecular flexibility index (Phi) is 13.7. The van der Waals surface area contributed by atoms with Crippen molar-refractivity contribution >= 4 is 11.8 Å². The summed E-state index contributed by atoms with van der Waals surface area (Å²) in [7, 11) is 0. The molecule has 0 saturated carbocycles. The summed E-state index contributed by atoms with van der Waals surface area (Å²) in [5, 5.41) is 3.34. The molecule has 5 aromatic rings. The molecule has 51 heavy (non-hydrogen) atoms. The molecular formula is C44H49N3O4. The van der Waals surface area contributed by atoms with Crippen molar-refractivity contribution in [2.75, 3.05) is 26.3 Å². The zero-order valence-corrected chi connectivity index (χ0v) is 29.6. The fraction of sp³-hybridized carbons (Fsp3) is 0.273. The van der Waals surface area contributed by atoms with Crippen molar-refractivity contribution in [3.05, 3.63) is 179 Å². The Labute approximate surface area is 302 Å². The smallest absolute Gasteiger partial charge is 0.240 e. The van der Waals surface area contributed by atoms with E-state index in [1.807, 2.05) is 141 Å². The molecule has 0 saturated heterocycles. The minimum Gasteiger partial charge on any atom is -0.351 e. The maximum Gasteiger partial charge on any atom is 0.240 e. The molecule has 0 bridgehead atoms. The number of benzene rings is 5. The lowest BCUT2D eigenvalue weighted by molar-refractivity contribution is -0.160. The highest BCUT2D eigenvalue weighted by atomic mass is 16.7. The third-order valence-electron chi connectivity index (χ3n) is 9.15. The highest BCUT2D eigenvalue weighted by Gasteiger charge is 2.38. The predicted molar refractivity (Wildman–Crippen MR) is 203 cm³/mol. The van der Waals surface area contributed by atoms with E-state index in [0.717, 1.165) is 27.8 Å². The summed E-state index contributed by atoms with van der Waals surface area (Å²) >= 11 is 0. The Hall–Kier alpha value is -5.08. The van der Waals surface area contributed by atoms with E-state index in [1.54, 1.807) is 4.90 Å². The van der Waals surface area contributed by atoms with E-state index in [-0.39, 0.29) is 30.7 Å². The van der Waals surface area contributed by atoms with Gasteiger partial charge in [-0.3, -0.25) is 9.59 Å². The number of amides is 2. The molecule has 2 amide bonds. The lowest BCUT2D eigenvalue weighted by atomic mass is 9.77. The van der Waals surface area contributed by atoms with Gasteiger partial charge in [-0.05, 0) is 48.1 Å². The SMILES string of the molecule is CCOC(CN(CCC(c1ccccc1)c1ccccc1)C(=O)C(N)CC(=O)NC(c1ccccc1)(c1ccccc1)c1ccccc1)OCC. The van der Waals surface area contributed by atoms with E-state index in [4.69, 9.17) is 15.2 Å². The monoisotopic (exact) mass is 683 g/mol. The molecule has 5 aromatic carbocycles. The lowest BCUT2D eigenvalue weighted by Gasteiger charge is -2.37. The second kappa shape index (κ2) is 18.8. The van der Waals surface area contributed by atoms with Crippen LogP contribution in [0.1, 0.15) is 60.4 Å². The van der Waals surface area contributed by atoms with Crippen LogP contribution in [-0.2, 0) is 24.6 Å². The van der Waals surface area contributed by atoms with Gasteiger partial charge in [0.05, 0.1) is 19.0 Å². The highest BCUT2D eigenvalue weighted by Crippen LogP contribution is 2.37. The van der Waals surface area contributed by atoms with Gasteiger partial charge in [-0.2, -0.15) is 0 Å². The van der Waals surface area contributed by atoms with E-state index in [1.165, 1.54) is 0 Å². The van der Waals surface area contributed by atoms with Gasteiger partial charge >= 0.3 is 0 Å². The van der Waals surface area contributed by atoms with Gasteiger partial charge in [0.1, 0.15) is 5.54 Å². The first kappa shape index (κ1) is 37.2. The molecule has 0 fully saturated rings. The molecule has 0 spiro atoms. The van der Waals surface area contributed by atoms with Crippen molar-refractivity contribution in [3.8, 4) is 0 Å². The number of carbonyl (C=O) groups excluding carboxylic acids is 2. The molecule has 0 aliphatic heterocycles. The number of ether oxygens (including phenoxy) is 2. The van der Waals surface area contributed by atoms with Crippen molar-refractivity contribution in [2.45, 2.75) is 50.5 Å². The van der Waals surface area contributed by atoms with Crippen LogP contribution in [0.2, 0.25) is 0 Å². The second-order valence-electron chi connectivity index (χ2n) is 12.5. The zero-order chi connectivity index (χ0) is 35.9. The van der Waals surface area contributed by atoms with Crippen LogP contribution in [0, 0.1) is 0 Å². The van der Waals surface area contributed by atoms with Crippen LogP contribution in [-0.4, -0.2) is 55.3 Å². The molecule has 264 valence electrons. The van der Waals surface area contributed by atoms with E-state index in [0.29, 0.717) is 26.2 Å². The van der Waals surface area contributed by atoms with Crippen LogP contribution in [0.25, 0.3) is 0 Å². The summed E-state index contributed by atoms with van der Waals surface area (Å²) in [6.45, 7) is 5.23. The first-order valence-corrected chi connectivity index (χ1v) is 17.8. The molecule has 3 N–H and O–H groups in total. The number of nitrogens with two attached hydrogens (primary N) is 1. The third-order valence-corrected chi connectivity index (χ3v) is 9.15. The van der Waals surface area contributed by atoms with Crippen LogP contribution in [0.5, 0.6) is 0 Å². The van der Waals surface area contributed by atoms with Crippen LogP contribution >= 0.6 is 0 Å². The van der Waals surface area contributed by atoms with Crippen molar-refractivity contribution in [1.29, 1.82) is 0 Å². The molecule has 0 aliphatic rings. The summed E-state index contributed by atoms with van der Waals surface area (Å²) < 4.78 is 11.8. The van der Waals surface area contributed by atoms with E-state index in [9.17, 15) is 9.59 Å². The fourth-order valence-electron chi connectivity index (χ4n) is 6.74. The Morgan fingerprint density at radius 3 is 1.43 bits per heavy atom. The van der Waals surface area contributed by atoms with Gasteiger partial charge in [-0.15, -0.1) is 0 Å². The molecular weight excluding hydrogens is 635 g/mol. The Morgan fingerprint density at radius 1 is 0.647 bits per heavy atom. The number of nitrogens with one attached hydrogen (secondary N) is 1. The van der Waals surface area contributed by atoms with Crippen LogP contribution in [0.3, 0.4) is 0 Å². The highest BCUT2D eigenvalue weighted by molar-refractivity contribution is 5.89. The zero-order valence-electron chi connectivity index (χ0n) is 29.6. The summed E-state index contributed by atoms with van der Waals surface area (Å²) in [6.07, 6.45) is -0.194. The molecule has 5 rings (SSSR count). The Morgan fingerprint density at radius 2 is 1.04 bits per heavy atom. The summed E-state index contributed by atoms with van der Waals surface area (Å²) in [5.41, 5.74) is 10.6. The first-order valence-electron chi connectivity index (χ1n) is 17.8. The summed E-state index contributed by atoms with van der Waals surface area (Å²) in [4.78, 5) is 30.2. The normalized spacial score (nSPS) is 12.1. The topological polar surface area (TPSA) is 93.9 Å². The number of hydrogen-bond donors (Lipinski definition) is 2. The average Bonchev–Trinajstić information content (AvgIpc) is 3.18. The largest absolute Gasteiger partial charge is 0.351 e. The minimum absolute atomic E-state index is 0.0445. The molecule has 0 aromatic heterocycles. The van der Waals surface area contributed by atoms with Gasteiger partial charge in [-0.1, -0.05) is 152 Å². The molecule has 1 atom stereocenters. The van der Waals surface area contributed by atoms with E-state index < -0.39 is 17.9 Å². The average molecular weight is 684 g/mol. The molecule has 7 heteroatoms. The van der Waals surface area contributed by atoms with Crippen molar-refractivity contribution < 1.29 is 19.1 Å². The van der Waals surface area contributed by atoms with E-state index in [2.05, 4.69) is 29.6 Å². The van der Waals surface area contributed by atoms with Gasteiger partial charge in [0.15, 0.2) is 6.29 Å². The molecule has 0 aliphatic carbocycles. The van der Waals surface area contributed by atoms with Crippen LogP contribution < -0.4 is 11.1 Å². The standard InChI is InChI=1S/C44H49N3O4/c1-3-50-42(51-4-2)33-47(31-30-39(34-20-10-5-11-21-34)35-22-12-6-13-23-35)43(49)40(45)32-41(48)46-44(36-24-14-7-15-25-36,37-26-16-8-17-27-37)38-28-18-9-19-29-38/h5-29,39-40,42H,3-4,30-33,45H2,1-2H3,(H,46,48). The fourth-order valence-corrected chi connectivity index (χ4v) is 6.74. The van der Waals surface area contributed by atoms with Crippen molar-refractivity contribution in [1.82, 2.24) is 10.2 Å². The Balaban J connectivity index is 1.42. The van der Waals surface area contributed by atoms with Gasteiger partial charge in [0.25, 0.3) is 0 Å². The van der Waals surface area contributed by atoms with Crippen LogP contribution in [0.4, 0.5) is 0 Å².